The van der Waals surface area contributed by atoms with Crippen molar-refractivity contribution in [2.45, 2.75) is 0 Å². The maximum absolute atomic E-state index is 11.9. The van der Waals surface area contributed by atoms with Gasteiger partial charge in [0, 0.05) is 16.3 Å². The highest BCUT2D eigenvalue weighted by Gasteiger charge is 2.07. The average molecular weight is 356 g/mol. The Morgan fingerprint density at radius 2 is 1.68 bits per heavy atom. The summed E-state index contributed by atoms with van der Waals surface area (Å²) in [4.78, 5) is 23.6. The number of amides is 2. The first-order valence-corrected chi connectivity index (χ1v) is 7.93. The van der Waals surface area contributed by atoms with E-state index in [-0.39, 0.29) is 12.5 Å². The average Bonchev–Trinajstić information content (AvgIpc) is 2.64. The highest BCUT2D eigenvalue weighted by Crippen LogP contribution is 2.09. The molecule has 0 aliphatic heterocycles. The third-order valence-corrected chi connectivity index (χ3v) is 3.41. The molecule has 25 heavy (non-hydrogen) atoms. The fraction of sp³-hybridized carbons (Fsp3) is 0.0526. The van der Waals surface area contributed by atoms with Crippen LogP contribution in [0.1, 0.15) is 15.9 Å². The fourth-order valence-electron chi connectivity index (χ4n) is 1.86. The van der Waals surface area contributed by atoms with E-state index in [1.807, 2.05) is 36.4 Å². The SMILES string of the molecule is C=C(C=Cc1ccccc1)NNC(=O)CNC(=O)c1ccc(Cl)cc1. The van der Waals surface area contributed by atoms with Gasteiger partial charge in [-0.05, 0) is 35.9 Å². The number of carbonyl (C=O) groups is 2. The topological polar surface area (TPSA) is 70.2 Å². The zero-order chi connectivity index (χ0) is 18.1. The lowest BCUT2D eigenvalue weighted by atomic mass is 10.2. The number of hydrogen-bond acceptors (Lipinski definition) is 3. The molecule has 0 spiro atoms. The maximum atomic E-state index is 11.9. The molecule has 0 aliphatic carbocycles. The van der Waals surface area contributed by atoms with Gasteiger partial charge in [-0.3, -0.25) is 20.4 Å². The van der Waals surface area contributed by atoms with Crippen molar-refractivity contribution in [1.82, 2.24) is 16.2 Å². The minimum absolute atomic E-state index is 0.163. The zero-order valence-corrected chi connectivity index (χ0v) is 14.2. The van der Waals surface area contributed by atoms with Crippen LogP contribution in [-0.4, -0.2) is 18.4 Å². The fourth-order valence-corrected chi connectivity index (χ4v) is 1.99. The second-order valence-electron chi connectivity index (χ2n) is 5.13. The Morgan fingerprint density at radius 1 is 1.00 bits per heavy atom. The summed E-state index contributed by atoms with van der Waals surface area (Å²) in [5, 5.41) is 3.06. The maximum Gasteiger partial charge on any atom is 0.257 e. The van der Waals surface area contributed by atoms with Gasteiger partial charge in [-0.15, -0.1) is 0 Å². The van der Waals surface area contributed by atoms with E-state index in [0.29, 0.717) is 16.3 Å². The molecule has 128 valence electrons. The molecule has 2 aromatic rings. The van der Waals surface area contributed by atoms with Gasteiger partial charge >= 0.3 is 0 Å². The molecule has 0 saturated carbocycles. The number of allylic oxidation sites excluding steroid dienone is 1. The largest absolute Gasteiger partial charge is 0.343 e. The number of carbonyl (C=O) groups excluding carboxylic acids is 2. The molecule has 3 N–H and O–H groups in total. The molecule has 2 rings (SSSR count). The second kappa shape index (κ2) is 9.30. The Labute approximate surface area is 151 Å². The third-order valence-electron chi connectivity index (χ3n) is 3.15. The van der Waals surface area contributed by atoms with E-state index in [1.165, 1.54) is 0 Å². The van der Waals surface area contributed by atoms with Crippen LogP contribution in [0.5, 0.6) is 0 Å². The van der Waals surface area contributed by atoms with Crippen LogP contribution in [0.25, 0.3) is 6.08 Å². The van der Waals surface area contributed by atoms with Crippen molar-refractivity contribution in [2.75, 3.05) is 6.54 Å². The first-order chi connectivity index (χ1) is 12.0. The van der Waals surface area contributed by atoms with Gasteiger partial charge in [-0.25, -0.2) is 0 Å². The third kappa shape index (κ3) is 6.53. The molecule has 6 heteroatoms. The van der Waals surface area contributed by atoms with Crippen molar-refractivity contribution >= 4 is 29.5 Å². The molecule has 0 fully saturated rings. The number of rotatable bonds is 7. The molecular weight excluding hydrogens is 338 g/mol. The molecule has 0 radical (unpaired) electrons. The summed E-state index contributed by atoms with van der Waals surface area (Å²) in [6.07, 6.45) is 3.60. The Kier molecular flexibility index (Phi) is 6.80. The lowest BCUT2D eigenvalue weighted by molar-refractivity contribution is -0.120. The van der Waals surface area contributed by atoms with Crippen molar-refractivity contribution in [2.24, 2.45) is 0 Å². The van der Waals surface area contributed by atoms with E-state index < -0.39 is 5.91 Å². The van der Waals surface area contributed by atoms with Gasteiger partial charge in [-0.2, -0.15) is 0 Å². The van der Waals surface area contributed by atoms with Crippen molar-refractivity contribution < 1.29 is 9.59 Å². The highest BCUT2D eigenvalue weighted by atomic mass is 35.5. The summed E-state index contributed by atoms with van der Waals surface area (Å²) in [6, 6.07) is 16.1. The predicted octanol–water partition coefficient (Wildman–Crippen LogP) is 2.92. The van der Waals surface area contributed by atoms with Crippen molar-refractivity contribution in [3.8, 4) is 0 Å². The summed E-state index contributed by atoms with van der Waals surface area (Å²) in [6.45, 7) is 3.62. The monoisotopic (exact) mass is 355 g/mol. The van der Waals surface area contributed by atoms with Gasteiger partial charge in [0.1, 0.15) is 0 Å². The van der Waals surface area contributed by atoms with Crippen LogP contribution >= 0.6 is 11.6 Å². The van der Waals surface area contributed by atoms with Gasteiger partial charge in [-0.1, -0.05) is 54.6 Å². The van der Waals surface area contributed by atoms with E-state index in [0.717, 1.165) is 5.56 Å². The van der Waals surface area contributed by atoms with Gasteiger partial charge < -0.3 is 5.32 Å². The van der Waals surface area contributed by atoms with Gasteiger partial charge in [0.25, 0.3) is 11.8 Å². The van der Waals surface area contributed by atoms with E-state index in [4.69, 9.17) is 11.6 Å². The molecule has 0 heterocycles. The number of benzene rings is 2. The van der Waals surface area contributed by atoms with Crippen LogP contribution in [0, 0.1) is 0 Å². The number of nitrogens with one attached hydrogen (secondary N) is 3. The van der Waals surface area contributed by atoms with E-state index in [1.54, 1.807) is 30.3 Å². The number of hydrogen-bond donors (Lipinski definition) is 3. The van der Waals surface area contributed by atoms with Crippen LogP contribution in [0.15, 0.2) is 72.9 Å². The summed E-state index contributed by atoms with van der Waals surface area (Å²) >= 11 is 5.76. The molecule has 2 amide bonds. The Hall–Kier alpha value is -3.05. The normalized spacial score (nSPS) is 10.3. The Bertz CT molecular complexity index is 771. The molecule has 0 atom stereocenters. The number of hydrazine groups is 1. The van der Waals surface area contributed by atoms with Crippen LogP contribution in [0.4, 0.5) is 0 Å². The summed E-state index contributed by atoms with van der Waals surface area (Å²) in [5.41, 5.74) is 7.10. The lowest BCUT2D eigenvalue weighted by Gasteiger charge is -2.09. The zero-order valence-electron chi connectivity index (χ0n) is 13.5. The smallest absolute Gasteiger partial charge is 0.257 e. The lowest BCUT2D eigenvalue weighted by Crippen LogP contribution is -2.43. The van der Waals surface area contributed by atoms with Gasteiger partial charge in [0.05, 0.1) is 6.54 Å². The Morgan fingerprint density at radius 3 is 2.36 bits per heavy atom. The second-order valence-corrected chi connectivity index (χ2v) is 5.57. The van der Waals surface area contributed by atoms with Crippen LogP contribution < -0.4 is 16.2 Å². The molecule has 0 aromatic heterocycles. The predicted molar refractivity (Wildman–Crippen MR) is 99.7 cm³/mol. The minimum atomic E-state index is -0.392. The molecule has 0 saturated heterocycles. The van der Waals surface area contributed by atoms with Crippen LogP contribution in [-0.2, 0) is 4.79 Å². The van der Waals surface area contributed by atoms with Crippen molar-refractivity contribution in [1.29, 1.82) is 0 Å². The summed E-state index contributed by atoms with van der Waals surface area (Å²) in [7, 11) is 0. The standard InChI is InChI=1S/C19H18ClN3O2/c1-14(7-8-15-5-3-2-4-6-15)22-23-18(24)13-21-19(25)16-9-11-17(20)12-10-16/h2-12,22H,1,13H2,(H,21,25)(H,23,24). The van der Waals surface area contributed by atoms with Crippen molar-refractivity contribution in [3.05, 3.63) is 89.1 Å². The highest BCUT2D eigenvalue weighted by molar-refractivity contribution is 6.30. The summed E-state index contributed by atoms with van der Waals surface area (Å²) < 4.78 is 0. The first-order valence-electron chi connectivity index (χ1n) is 7.55. The first kappa shape index (κ1) is 18.3. The molecule has 5 nitrogen and oxygen atoms in total. The van der Waals surface area contributed by atoms with E-state index >= 15 is 0 Å². The Balaban J connectivity index is 1.71. The van der Waals surface area contributed by atoms with Gasteiger partial charge in [0.2, 0.25) is 0 Å². The molecule has 2 aromatic carbocycles. The van der Waals surface area contributed by atoms with Crippen LogP contribution in [0.2, 0.25) is 5.02 Å². The van der Waals surface area contributed by atoms with Gasteiger partial charge in [0.15, 0.2) is 0 Å². The van der Waals surface area contributed by atoms with Crippen molar-refractivity contribution in [3.63, 3.8) is 0 Å². The summed E-state index contributed by atoms with van der Waals surface area (Å²) in [5.74, 6) is -0.744. The minimum Gasteiger partial charge on any atom is -0.343 e. The quantitative estimate of drug-likeness (QED) is 0.528. The van der Waals surface area contributed by atoms with E-state index in [9.17, 15) is 9.59 Å². The molecule has 0 bridgehead atoms. The number of halogens is 1. The van der Waals surface area contributed by atoms with E-state index in [2.05, 4.69) is 22.7 Å². The van der Waals surface area contributed by atoms with Crippen LogP contribution in [0.3, 0.4) is 0 Å². The molecular formula is C19H18ClN3O2. The molecule has 0 aliphatic rings. The molecule has 0 unspecified atom stereocenters.